The van der Waals surface area contributed by atoms with E-state index in [1.807, 2.05) is 0 Å². The Morgan fingerprint density at radius 3 is 2.57 bits per heavy atom. The normalized spacial score (nSPS) is 11.9. The van der Waals surface area contributed by atoms with E-state index in [0.717, 1.165) is 11.8 Å². The SMILES string of the molecule is Cc1c(F)c(SCCOCCOCC(F)(F)F)cc[n+]1[O-]. The fourth-order valence-corrected chi connectivity index (χ4v) is 2.18. The van der Waals surface area contributed by atoms with Gasteiger partial charge in [-0.3, -0.25) is 0 Å². The Balaban J connectivity index is 2.14. The number of hydrogen-bond donors (Lipinski definition) is 0. The monoisotopic (exact) mass is 329 g/mol. The minimum absolute atomic E-state index is 0.0125. The van der Waals surface area contributed by atoms with Crippen molar-refractivity contribution in [2.45, 2.75) is 18.0 Å². The molecule has 4 nitrogen and oxygen atoms in total. The number of ether oxygens (including phenoxy) is 2. The maximum absolute atomic E-state index is 13.6. The number of aromatic nitrogens is 1. The molecular formula is C12H15F4NO3S. The van der Waals surface area contributed by atoms with Gasteiger partial charge in [-0.25, -0.2) is 0 Å². The molecule has 120 valence electrons. The average molecular weight is 329 g/mol. The predicted octanol–water partition coefficient (Wildman–Crippen LogP) is 2.46. The number of thioether (sulfide) groups is 1. The first-order valence-electron chi connectivity index (χ1n) is 6.04. The molecule has 1 aromatic rings. The van der Waals surface area contributed by atoms with Gasteiger partial charge >= 0.3 is 6.18 Å². The third-order valence-corrected chi connectivity index (χ3v) is 3.35. The van der Waals surface area contributed by atoms with Crippen molar-refractivity contribution in [2.24, 2.45) is 0 Å². The topological polar surface area (TPSA) is 45.4 Å². The van der Waals surface area contributed by atoms with E-state index in [1.54, 1.807) is 0 Å². The fourth-order valence-electron chi connectivity index (χ4n) is 1.33. The van der Waals surface area contributed by atoms with Crippen LogP contribution in [-0.2, 0) is 9.47 Å². The highest BCUT2D eigenvalue weighted by atomic mass is 32.2. The second kappa shape index (κ2) is 8.40. The molecule has 0 aliphatic carbocycles. The Bertz CT molecular complexity index is 457. The van der Waals surface area contributed by atoms with Crippen molar-refractivity contribution in [3.05, 3.63) is 29.0 Å². The van der Waals surface area contributed by atoms with Gasteiger partial charge in [0.15, 0.2) is 6.20 Å². The predicted molar refractivity (Wildman–Crippen MR) is 68.5 cm³/mol. The van der Waals surface area contributed by atoms with Gasteiger partial charge in [0.1, 0.15) is 6.61 Å². The lowest BCUT2D eigenvalue weighted by molar-refractivity contribution is -0.614. The molecule has 0 aromatic carbocycles. The van der Waals surface area contributed by atoms with E-state index in [9.17, 15) is 22.8 Å². The summed E-state index contributed by atoms with van der Waals surface area (Å²) in [5.41, 5.74) is -0.0125. The van der Waals surface area contributed by atoms with E-state index >= 15 is 0 Å². The molecule has 0 atom stereocenters. The first-order valence-corrected chi connectivity index (χ1v) is 7.03. The molecule has 0 N–H and O–H groups in total. The van der Waals surface area contributed by atoms with E-state index < -0.39 is 18.6 Å². The summed E-state index contributed by atoms with van der Waals surface area (Å²) < 4.78 is 58.7. The lowest BCUT2D eigenvalue weighted by atomic mass is 10.4. The lowest BCUT2D eigenvalue weighted by Crippen LogP contribution is -2.30. The summed E-state index contributed by atoms with van der Waals surface area (Å²) in [5.74, 6) is -0.163. The number of alkyl halides is 3. The first kappa shape index (κ1) is 18.0. The Hall–Kier alpha value is -1.06. The Morgan fingerprint density at radius 2 is 1.90 bits per heavy atom. The third-order valence-electron chi connectivity index (χ3n) is 2.35. The summed E-state index contributed by atoms with van der Waals surface area (Å²) in [6.07, 6.45) is -3.12. The van der Waals surface area contributed by atoms with Crippen LogP contribution in [0.3, 0.4) is 0 Å². The van der Waals surface area contributed by atoms with Crippen molar-refractivity contribution in [2.75, 3.05) is 32.2 Å². The maximum atomic E-state index is 13.6. The molecule has 0 aliphatic heterocycles. The van der Waals surface area contributed by atoms with Crippen LogP contribution in [0.5, 0.6) is 0 Å². The van der Waals surface area contributed by atoms with Crippen LogP contribution in [-0.4, -0.2) is 38.4 Å². The molecule has 21 heavy (non-hydrogen) atoms. The van der Waals surface area contributed by atoms with Gasteiger partial charge in [0.25, 0.3) is 0 Å². The molecule has 0 saturated heterocycles. The van der Waals surface area contributed by atoms with Gasteiger partial charge < -0.3 is 14.7 Å². The summed E-state index contributed by atoms with van der Waals surface area (Å²) in [6.45, 7) is 0.202. The summed E-state index contributed by atoms with van der Waals surface area (Å²) in [7, 11) is 0. The van der Waals surface area contributed by atoms with Crippen LogP contribution in [0.25, 0.3) is 0 Å². The van der Waals surface area contributed by atoms with Crippen molar-refractivity contribution in [3.63, 3.8) is 0 Å². The van der Waals surface area contributed by atoms with Gasteiger partial charge in [0.05, 0.1) is 24.7 Å². The number of hydrogen-bond acceptors (Lipinski definition) is 4. The highest BCUT2D eigenvalue weighted by Gasteiger charge is 2.27. The van der Waals surface area contributed by atoms with E-state index in [4.69, 9.17) is 4.74 Å². The standard InChI is InChI=1S/C12H15F4NO3S/c1-9-11(13)10(2-3-17(9)18)21-7-6-19-4-5-20-8-12(14,15)16/h2-3H,4-8H2,1H3. The van der Waals surface area contributed by atoms with E-state index in [1.165, 1.54) is 19.2 Å². The molecule has 1 heterocycles. The van der Waals surface area contributed by atoms with Gasteiger partial charge in [-0.05, 0) is 0 Å². The second-order valence-corrected chi connectivity index (χ2v) is 5.17. The summed E-state index contributed by atoms with van der Waals surface area (Å²) in [6, 6.07) is 1.37. The molecular weight excluding hydrogens is 314 g/mol. The largest absolute Gasteiger partial charge is 0.618 e. The number of nitrogens with zero attached hydrogens (tertiary/aromatic N) is 1. The van der Waals surface area contributed by atoms with Crippen molar-refractivity contribution in [1.29, 1.82) is 0 Å². The highest BCUT2D eigenvalue weighted by molar-refractivity contribution is 7.99. The number of pyridine rings is 1. The van der Waals surface area contributed by atoms with Gasteiger partial charge in [-0.2, -0.15) is 22.3 Å². The first-order chi connectivity index (χ1) is 9.81. The number of rotatable bonds is 8. The van der Waals surface area contributed by atoms with Crippen LogP contribution in [0, 0.1) is 17.9 Å². The van der Waals surface area contributed by atoms with E-state index in [2.05, 4.69) is 4.74 Å². The van der Waals surface area contributed by atoms with Crippen molar-refractivity contribution >= 4 is 11.8 Å². The van der Waals surface area contributed by atoms with Gasteiger partial charge in [-0.15, -0.1) is 11.8 Å². The minimum Gasteiger partial charge on any atom is -0.618 e. The molecule has 1 rings (SSSR count). The van der Waals surface area contributed by atoms with Crippen LogP contribution in [0.15, 0.2) is 17.2 Å². The van der Waals surface area contributed by atoms with Gasteiger partial charge in [0, 0.05) is 18.7 Å². The zero-order chi connectivity index (χ0) is 15.9. The molecule has 1 aromatic heterocycles. The molecule has 0 spiro atoms. The number of halogens is 4. The van der Waals surface area contributed by atoms with Crippen molar-refractivity contribution < 1.29 is 31.8 Å². The molecule has 0 saturated carbocycles. The lowest BCUT2D eigenvalue weighted by Gasteiger charge is -2.08. The summed E-state index contributed by atoms with van der Waals surface area (Å²) in [4.78, 5) is 0.330. The molecule has 9 heteroatoms. The maximum Gasteiger partial charge on any atom is 0.411 e. The van der Waals surface area contributed by atoms with Gasteiger partial charge in [-0.1, -0.05) is 0 Å². The quantitative estimate of drug-likeness (QED) is 0.242. The Labute approximate surface area is 123 Å². The van der Waals surface area contributed by atoms with E-state index in [0.29, 0.717) is 15.4 Å². The summed E-state index contributed by atoms with van der Waals surface area (Å²) >= 11 is 1.16. The Kier molecular flexibility index (Phi) is 7.20. The Morgan fingerprint density at radius 1 is 1.24 bits per heavy atom. The summed E-state index contributed by atoms with van der Waals surface area (Å²) in [5, 5.41) is 11.1. The van der Waals surface area contributed by atoms with Crippen molar-refractivity contribution in [3.8, 4) is 0 Å². The zero-order valence-corrected chi connectivity index (χ0v) is 12.1. The third kappa shape index (κ3) is 6.96. The molecule has 0 aliphatic rings. The zero-order valence-electron chi connectivity index (χ0n) is 11.3. The molecule has 0 unspecified atom stereocenters. The fraction of sp³-hybridized carbons (Fsp3) is 0.583. The van der Waals surface area contributed by atoms with Crippen molar-refractivity contribution in [1.82, 2.24) is 0 Å². The van der Waals surface area contributed by atoms with Crippen LogP contribution in [0.2, 0.25) is 0 Å². The van der Waals surface area contributed by atoms with E-state index in [-0.39, 0.29) is 25.5 Å². The van der Waals surface area contributed by atoms with Crippen LogP contribution >= 0.6 is 11.8 Å². The van der Waals surface area contributed by atoms with Crippen LogP contribution in [0.4, 0.5) is 17.6 Å². The smallest absolute Gasteiger partial charge is 0.411 e. The second-order valence-electron chi connectivity index (χ2n) is 4.03. The average Bonchev–Trinajstić information content (AvgIpc) is 2.40. The molecule has 0 amide bonds. The van der Waals surface area contributed by atoms with Crippen LogP contribution in [0.1, 0.15) is 5.69 Å². The van der Waals surface area contributed by atoms with Gasteiger partial charge in [0.2, 0.25) is 11.5 Å². The highest BCUT2D eigenvalue weighted by Crippen LogP contribution is 2.21. The minimum atomic E-state index is -4.34. The molecule has 0 fully saturated rings. The molecule has 0 bridgehead atoms. The van der Waals surface area contributed by atoms with Crippen LogP contribution < -0.4 is 4.73 Å². The molecule has 0 radical (unpaired) electrons.